The fourth-order valence-electron chi connectivity index (χ4n) is 2.45. The Morgan fingerprint density at radius 2 is 2.00 bits per heavy atom. The van der Waals surface area contributed by atoms with Gasteiger partial charge in [0.2, 0.25) is 0 Å². The number of hydrogen-bond donors (Lipinski definition) is 0. The third-order valence-corrected chi connectivity index (χ3v) is 5.58. The van der Waals surface area contributed by atoms with Crippen molar-refractivity contribution >= 4 is 21.7 Å². The second-order valence-corrected chi connectivity index (χ2v) is 7.76. The number of hydrogen-bond acceptors (Lipinski definition) is 5. The Morgan fingerprint density at radius 1 is 1.35 bits per heavy atom. The van der Waals surface area contributed by atoms with Crippen molar-refractivity contribution in [2.75, 3.05) is 18.6 Å². The zero-order valence-corrected chi connectivity index (χ0v) is 13.7. The van der Waals surface area contributed by atoms with Crippen LogP contribution in [0.2, 0.25) is 0 Å². The smallest absolute Gasteiger partial charge is 0.341 e. The lowest BCUT2D eigenvalue weighted by Crippen LogP contribution is -2.44. The zero-order chi connectivity index (χ0) is 17.2. The van der Waals surface area contributed by atoms with Gasteiger partial charge in [-0.1, -0.05) is 12.1 Å². The second-order valence-electron chi connectivity index (χ2n) is 5.53. The Kier molecular flexibility index (Phi) is 5.03. The number of ether oxygens (including phenoxy) is 1. The van der Waals surface area contributed by atoms with Crippen molar-refractivity contribution in [3.8, 4) is 0 Å². The summed E-state index contributed by atoms with van der Waals surface area (Å²) in [6.45, 7) is 1.38. The van der Waals surface area contributed by atoms with Gasteiger partial charge < -0.3 is 9.64 Å². The molecule has 1 aliphatic heterocycles. The quantitative estimate of drug-likeness (QED) is 0.763. The van der Waals surface area contributed by atoms with Crippen LogP contribution >= 0.6 is 0 Å². The van der Waals surface area contributed by atoms with Gasteiger partial charge in [0.1, 0.15) is 5.82 Å². The zero-order valence-electron chi connectivity index (χ0n) is 12.9. The van der Waals surface area contributed by atoms with Crippen LogP contribution in [0.4, 0.5) is 4.39 Å². The number of rotatable bonds is 4. The molecule has 0 spiro atoms. The van der Waals surface area contributed by atoms with Crippen LogP contribution in [0.15, 0.2) is 24.3 Å². The van der Waals surface area contributed by atoms with Gasteiger partial charge >= 0.3 is 5.97 Å². The van der Waals surface area contributed by atoms with E-state index in [4.69, 9.17) is 4.74 Å². The molecule has 6 nitrogen and oxygen atoms in total. The summed E-state index contributed by atoms with van der Waals surface area (Å²) in [6, 6.07) is 4.89. The summed E-state index contributed by atoms with van der Waals surface area (Å²) in [4.78, 5) is 25.4. The molecule has 8 heteroatoms. The molecular weight excluding hydrogens is 325 g/mol. The van der Waals surface area contributed by atoms with E-state index in [0.717, 1.165) is 6.07 Å². The molecule has 0 unspecified atom stereocenters. The molecule has 23 heavy (non-hydrogen) atoms. The van der Waals surface area contributed by atoms with E-state index in [1.807, 2.05) is 0 Å². The van der Waals surface area contributed by atoms with E-state index >= 15 is 0 Å². The number of carbonyl (C=O) groups excluding carboxylic acids is 2. The molecule has 0 N–H and O–H groups in total. The van der Waals surface area contributed by atoms with Gasteiger partial charge in [0, 0.05) is 13.1 Å². The molecule has 1 heterocycles. The van der Waals surface area contributed by atoms with Crippen molar-refractivity contribution in [3.63, 3.8) is 0 Å². The van der Waals surface area contributed by atoms with Crippen molar-refractivity contribution < 1.29 is 27.1 Å². The van der Waals surface area contributed by atoms with Gasteiger partial charge in [-0.15, -0.1) is 0 Å². The normalized spacial score (nSPS) is 20.7. The Bertz CT molecular complexity index is 718. The highest BCUT2D eigenvalue weighted by atomic mass is 32.2. The first-order valence-electron chi connectivity index (χ1n) is 7.14. The Labute approximate surface area is 134 Å². The number of benzene rings is 1. The summed E-state index contributed by atoms with van der Waals surface area (Å²) in [5, 5.41) is 0. The first-order chi connectivity index (χ1) is 10.7. The minimum Gasteiger partial charge on any atom is -0.449 e. The van der Waals surface area contributed by atoms with Gasteiger partial charge in [0.15, 0.2) is 15.9 Å². The maximum Gasteiger partial charge on any atom is 0.341 e. The maximum absolute atomic E-state index is 13.5. The molecule has 1 aromatic rings. The van der Waals surface area contributed by atoms with Crippen molar-refractivity contribution in [2.24, 2.45) is 0 Å². The molecule has 2 atom stereocenters. The molecule has 1 aromatic carbocycles. The van der Waals surface area contributed by atoms with E-state index in [1.165, 1.54) is 37.1 Å². The van der Waals surface area contributed by atoms with E-state index in [2.05, 4.69) is 0 Å². The van der Waals surface area contributed by atoms with E-state index in [9.17, 15) is 22.4 Å². The molecule has 1 aliphatic rings. The first-order valence-corrected chi connectivity index (χ1v) is 8.96. The Morgan fingerprint density at radius 3 is 2.57 bits per heavy atom. The molecule has 1 fully saturated rings. The average Bonchev–Trinajstić information content (AvgIpc) is 2.86. The summed E-state index contributed by atoms with van der Waals surface area (Å²) in [7, 11) is -1.65. The van der Waals surface area contributed by atoms with E-state index < -0.39 is 39.7 Å². The predicted octanol–water partition coefficient (Wildman–Crippen LogP) is 1.02. The van der Waals surface area contributed by atoms with E-state index in [-0.39, 0.29) is 17.1 Å². The predicted molar refractivity (Wildman–Crippen MR) is 81.1 cm³/mol. The standard InChI is InChI=1S/C15H18FNO5S/c1-10(22-15(19)12-5-3-4-6-13(12)16)14(18)17(2)11-7-8-23(20,21)9-11/h3-6,10-11H,7-9H2,1-2H3/t10-,11-/m0/s1. The largest absolute Gasteiger partial charge is 0.449 e. The van der Waals surface area contributed by atoms with Gasteiger partial charge in [-0.3, -0.25) is 4.79 Å². The molecule has 1 saturated heterocycles. The molecule has 0 saturated carbocycles. The van der Waals surface area contributed by atoms with Crippen LogP contribution in [-0.2, 0) is 19.4 Å². The minimum atomic E-state index is -3.12. The fourth-order valence-corrected chi connectivity index (χ4v) is 4.22. The van der Waals surface area contributed by atoms with Crippen molar-refractivity contribution in [1.29, 1.82) is 0 Å². The SMILES string of the molecule is C[C@H](OC(=O)c1ccccc1F)C(=O)N(C)[C@H]1CCS(=O)(=O)C1. The van der Waals surface area contributed by atoms with Crippen LogP contribution < -0.4 is 0 Å². The van der Waals surface area contributed by atoms with Gasteiger partial charge in [0.05, 0.1) is 17.1 Å². The average molecular weight is 343 g/mol. The number of nitrogens with zero attached hydrogens (tertiary/aromatic N) is 1. The topological polar surface area (TPSA) is 80.8 Å². The summed E-state index contributed by atoms with van der Waals surface area (Å²) < 4.78 is 41.5. The molecule has 1 amide bonds. The van der Waals surface area contributed by atoms with Crippen LogP contribution in [0.25, 0.3) is 0 Å². The second kappa shape index (κ2) is 6.66. The highest BCUT2D eigenvalue weighted by Crippen LogP contribution is 2.18. The van der Waals surface area contributed by atoms with E-state index in [1.54, 1.807) is 0 Å². The molecule has 2 rings (SSSR count). The van der Waals surface area contributed by atoms with Crippen LogP contribution in [0.3, 0.4) is 0 Å². The third kappa shape index (κ3) is 4.07. The molecule has 0 aromatic heterocycles. The van der Waals surface area contributed by atoms with Gasteiger partial charge in [-0.2, -0.15) is 0 Å². The van der Waals surface area contributed by atoms with Gasteiger partial charge in [-0.25, -0.2) is 17.6 Å². The monoisotopic (exact) mass is 343 g/mol. The number of halogens is 1. The lowest BCUT2D eigenvalue weighted by molar-refractivity contribution is -0.140. The lowest BCUT2D eigenvalue weighted by Gasteiger charge is -2.26. The van der Waals surface area contributed by atoms with Crippen LogP contribution in [0.5, 0.6) is 0 Å². The summed E-state index contributed by atoms with van der Waals surface area (Å²) in [5.74, 6) is -2.23. The van der Waals surface area contributed by atoms with Crippen molar-refractivity contribution in [2.45, 2.75) is 25.5 Å². The first kappa shape index (κ1) is 17.4. The minimum absolute atomic E-state index is 0.0404. The lowest BCUT2D eigenvalue weighted by atomic mass is 10.2. The molecular formula is C15H18FNO5S. The number of esters is 1. The number of carbonyl (C=O) groups is 2. The van der Waals surface area contributed by atoms with Crippen LogP contribution in [0, 0.1) is 5.82 Å². The molecule has 0 bridgehead atoms. The van der Waals surface area contributed by atoms with Crippen molar-refractivity contribution in [1.82, 2.24) is 4.90 Å². The van der Waals surface area contributed by atoms with Crippen molar-refractivity contribution in [3.05, 3.63) is 35.6 Å². The number of likely N-dealkylation sites (N-methyl/N-ethyl adjacent to an activating group) is 1. The fraction of sp³-hybridized carbons (Fsp3) is 0.467. The maximum atomic E-state index is 13.5. The molecule has 0 radical (unpaired) electrons. The summed E-state index contributed by atoms with van der Waals surface area (Å²) in [6.07, 6.45) is -0.770. The van der Waals surface area contributed by atoms with E-state index in [0.29, 0.717) is 6.42 Å². The number of amides is 1. The number of sulfone groups is 1. The van der Waals surface area contributed by atoms with Crippen LogP contribution in [0.1, 0.15) is 23.7 Å². The summed E-state index contributed by atoms with van der Waals surface area (Å²) >= 11 is 0. The Balaban J connectivity index is 2.00. The van der Waals surface area contributed by atoms with Gasteiger partial charge in [0.25, 0.3) is 5.91 Å². The third-order valence-electron chi connectivity index (χ3n) is 3.83. The van der Waals surface area contributed by atoms with Gasteiger partial charge in [-0.05, 0) is 25.5 Å². The highest BCUT2D eigenvalue weighted by Gasteiger charge is 2.35. The molecule has 0 aliphatic carbocycles. The Hall–Kier alpha value is -1.96. The van der Waals surface area contributed by atoms with Crippen LogP contribution in [-0.4, -0.2) is 55.9 Å². The summed E-state index contributed by atoms with van der Waals surface area (Å²) in [5.41, 5.74) is -0.252. The highest BCUT2D eigenvalue weighted by molar-refractivity contribution is 7.91. The molecule has 126 valence electrons.